The summed E-state index contributed by atoms with van der Waals surface area (Å²) in [5.41, 5.74) is 3.84. The van der Waals surface area contributed by atoms with Crippen LogP contribution in [0.1, 0.15) is 36.1 Å². The van der Waals surface area contributed by atoms with Gasteiger partial charge in [-0.1, -0.05) is 59.3 Å². The Morgan fingerprint density at radius 3 is 2.19 bits per heavy atom. The van der Waals surface area contributed by atoms with Crippen LogP contribution in [-0.4, -0.2) is 7.11 Å². The Balaban J connectivity index is 1.94. The molecule has 1 unspecified atom stereocenters. The summed E-state index contributed by atoms with van der Waals surface area (Å²) >= 11 is 3.48. The van der Waals surface area contributed by atoms with Crippen LogP contribution in [0.2, 0.25) is 0 Å². The fourth-order valence-electron chi connectivity index (χ4n) is 2.35. The first-order chi connectivity index (χ1) is 10.2. The van der Waals surface area contributed by atoms with E-state index in [1.165, 1.54) is 16.7 Å². The van der Waals surface area contributed by atoms with Crippen molar-refractivity contribution >= 4 is 15.9 Å². The normalized spacial score (nSPS) is 12.3. The van der Waals surface area contributed by atoms with Crippen LogP contribution in [-0.2, 0) is 17.9 Å². The van der Waals surface area contributed by atoms with E-state index in [-0.39, 0.29) is 0 Å². The highest BCUT2D eigenvalue weighted by atomic mass is 79.9. The second-order valence-electron chi connectivity index (χ2n) is 5.14. The molecule has 0 aliphatic rings. The summed E-state index contributed by atoms with van der Waals surface area (Å²) < 4.78 is 6.25. The molecule has 0 saturated carbocycles. The van der Waals surface area contributed by atoms with Gasteiger partial charge in [-0.05, 0) is 35.2 Å². The molecule has 1 atom stereocenters. The van der Waals surface area contributed by atoms with Crippen LogP contribution in [0, 0.1) is 0 Å². The van der Waals surface area contributed by atoms with Crippen molar-refractivity contribution in [2.45, 2.75) is 32.5 Å². The summed E-state index contributed by atoms with van der Waals surface area (Å²) in [6, 6.07) is 17.5. The molecule has 0 spiro atoms. The molecule has 0 aliphatic heterocycles. The van der Waals surface area contributed by atoms with E-state index in [0.29, 0.717) is 12.6 Å². The summed E-state index contributed by atoms with van der Waals surface area (Å²) in [6.45, 7) is 3.76. The minimum atomic E-state index is 0.386. The maximum Gasteiger partial charge on any atom is 0.0713 e. The molecule has 2 rings (SSSR count). The van der Waals surface area contributed by atoms with Crippen molar-refractivity contribution in [3.8, 4) is 0 Å². The number of halogens is 1. The zero-order valence-electron chi connectivity index (χ0n) is 12.6. The molecule has 3 heteroatoms. The highest BCUT2D eigenvalue weighted by Gasteiger charge is 2.08. The molecular weight excluding hydrogens is 326 g/mol. The molecule has 0 aromatic heterocycles. The lowest BCUT2D eigenvalue weighted by Gasteiger charge is -2.18. The van der Waals surface area contributed by atoms with E-state index >= 15 is 0 Å². The Bertz CT molecular complexity index is 536. The fraction of sp³-hybridized carbons (Fsp3) is 0.333. The molecular formula is C18H22BrNO. The largest absolute Gasteiger partial charge is 0.380 e. The van der Waals surface area contributed by atoms with E-state index in [2.05, 4.69) is 76.7 Å². The average Bonchev–Trinajstić information content (AvgIpc) is 2.51. The number of ether oxygens (including phenoxy) is 1. The first kappa shape index (κ1) is 16.2. The molecule has 2 aromatic rings. The third-order valence-corrected chi connectivity index (χ3v) is 4.10. The van der Waals surface area contributed by atoms with Crippen LogP contribution in [0.5, 0.6) is 0 Å². The smallest absolute Gasteiger partial charge is 0.0713 e. The van der Waals surface area contributed by atoms with Gasteiger partial charge in [0, 0.05) is 24.2 Å². The first-order valence-corrected chi connectivity index (χ1v) is 8.08. The third-order valence-electron chi connectivity index (χ3n) is 3.57. The van der Waals surface area contributed by atoms with Crippen molar-refractivity contribution in [3.63, 3.8) is 0 Å². The third kappa shape index (κ3) is 4.95. The van der Waals surface area contributed by atoms with Gasteiger partial charge in [-0.15, -0.1) is 0 Å². The molecule has 0 bridgehead atoms. The van der Waals surface area contributed by atoms with Gasteiger partial charge in [-0.25, -0.2) is 0 Å². The lowest BCUT2D eigenvalue weighted by Crippen LogP contribution is -2.20. The van der Waals surface area contributed by atoms with Crippen molar-refractivity contribution in [3.05, 3.63) is 69.7 Å². The van der Waals surface area contributed by atoms with Crippen LogP contribution < -0.4 is 5.32 Å². The standard InChI is InChI=1S/C18H22BrNO/c1-3-18(16-8-10-17(19)11-9-16)20-12-14-4-6-15(7-5-14)13-21-2/h4-11,18,20H,3,12-13H2,1-2H3. The van der Waals surface area contributed by atoms with E-state index in [9.17, 15) is 0 Å². The van der Waals surface area contributed by atoms with E-state index in [1.807, 2.05) is 0 Å². The Morgan fingerprint density at radius 1 is 1.00 bits per heavy atom. The van der Waals surface area contributed by atoms with Gasteiger partial charge >= 0.3 is 0 Å². The van der Waals surface area contributed by atoms with E-state index in [4.69, 9.17) is 4.74 Å². The summed E-state index contributed by atoms with van der Waals surface area (Å²) in [4.78, 5) is 0. The van der Waals surface area contributed by atoms with Crippen LogP contribution in [0.4, 0.5) is 0 Å². The summed E-state index contributed by atoms with van der Waals surface area (Å²) in [5.74, 6) is 0. The number of hydrogen-bond donors (Lipinski definition) is 1. The molecule has 2 aromatic carbocycles. The Morgan fingerprint density at radius 2 is 1.62 bits per heavy atom. The van der Waals surface area contributed by atoms with E-state index in [0.717, 1.165) is 17.4 Å². The van der Waals surface area contributed by atoms with Crippen LogP contribution in [0.3, 0.4) is 0 Å². The molecule has 0 aliphatic carbocycles. The number of rotatable bonds is 7. The molecule has 2 nitrogen and oxygen atoms in total. The number of benzene rings is 2. The van der Waals surface area contributed by atoms with Gasteiger partial charge in [-0.3, -0.25) is 0 Å². The van der Waals surface area contributed by atoms with Crippen molar-refractivity contribution < 1.29 is 4.74 Å². The second kappa shape index (κ2) is 8.32. The highest BCUT2D eigenvalue weighted by molar-refractivity contribution is 9.10. The minimum absolute atomic E-state index is 0.386. The summed E-state index contributed by atoms with van der Waals surface area (Å²) in [7, 11) is 1.72. The SMILES string of the molecule is CCC(NCc1ccc(COC)cc1)c1ccc(Br)cc1. The zero-order chi connectivity index (χ0) is 15.1. The molecule has 0 fully saturated rings. The summed E-state index contributed by atoms with van der Waals surface area (Å²) in [6.07, 6.45) is 1.07. The monoisotopic (exact) mass is 347 g/mol. The molecule has 0 amide bonds. The lowest BCUT2D eigenvalue weighted by atomic mass is 10.0. The number of nitrogens with one attached hydrogen (secondary N) is 1. The van der Waals surface area contributed by atoms with Gasteiger partial charge in [0.2, 0.25) is 0 Å². The highest BCUT2D eigenvalue weighted by Crippen LogP contribution is 2.20. The van der Waals surface area contributed by atoms with Crippen molar-refractivity contribution in [1.29, 1.82) is 0 Å². The van der Waals surface area contributed by atoms with Crippen molar-refractivity contribution in [2.24, 2.45) is 0 Å². The average molecular weight is 348 g/mol. The predicted octanol–water partition coefficient (Wildman–Crippen LogP) is 4.84. The van der Waals surface area contributed by atoms with Gasteiger partial charge in [0.1, 0.15) is 0 Å². The van der Waals surface area contributed by atoms with Crippen LogP contribution in [0.15, 0.2) is 53.0 Å². The number of methoxy groups -OCH3 is 1. The molecule has 112 valence electrons. The zero-order valence-corrected chi connectivity index (χ0v) is 14.2. The fourth-order valence-corrected chi connectivity index (χ4v) is 2.62. The van der Waals surface area contributed by atoms with Gasteiger partial charge in [0.15, 0.2) is 0 Å². The first-order valence-electron chi connectivity index (χ1n) is 7.28. The second-order valence-corrected chi connectivity index (χ2v) is 6.06. The van der Waals surface area contributed by atoms with E-state index < -0.39 is 0 Å². The molecule has 1 N–H and O–H groups in total. The maximum atomic E-state index is 5.13. The van der Waals surface area contributed by atoms with Crippen molar-refractivity contribution in [2.75, 3.05) is 7.11 Å². The van der Waals surface area contributed by atoms with Crippen molar-refractivity contribution in [1.82, 2.24) is 5.32 Å². The molecule has 0 heterocycles. The van der Waals surface area contributed by atoms with Crippen LogP contribution >= 0.6 is 15.9 Å². The van der Waals surface area contributed by atoms with Gasteiger partial charge in [0.25, 0.3) is 0 Å². The lowest BCUT2D eigenvalue weighted by molar-refractivity contribution is 0.185. The minimum Gasteiger partial charge on any atom is -0.380 e. The number of hydrogen-bond acceptors (Lipinski definition) is 2. The van der Waals surface area contributed by atoms with E-state index in [1.54, 1.807) is 7.11 Å². The van der Waals surface area contributed by atoms with Gasteiger partial charge in [0.05, 0.1) is 6.61 Å². The summed E-state index contributed by atoms with van der Waals surface area (Å²) in [5, 5.41) is 3.63. The van der Waals surface area contributed by atoms with Gasteiger partial charge < -0.3 is 10.1 Å². The Labute approximate surface area is 135 Å². The van der Waals surface area contributed by atoms with Crippen LogP contribution in [0.25, 0.3) is 0 Å². The van der Waals surface area contributed by atoms with Gasteiger partial charge in [-0.2, -0.15) is 0 Å². The Kier molecular flexibility index (Phi) is 6.43. The molecule has 0 saturated heterocycles. The molecule has 21 heavy (non-hydrogen) atoms. The molecule has 0 radical (unpaired) electrons. The predicted molar refractivity (Wildman–Crippen MR) is 91.2 cm³/mol. The maximum absolute atomic E-state index is 5.13. The Hall–Kier alpha value is -1.16. The quantitative estimate of drug-likeness (QED) is 0.773. The topological polar surface area (TPSA) is 21.3 Å².